The molecule has 0 fully saturated rings. The van der Waals surface area contributed by atoms with E-state index in [1.54, 1.807) is 12.1 Å². The third-order valence-electron chi connectivity index (χ3n) is 2.89. The standard InChI is InChI=1S/C15H13BrClFO/c1-9-5-11(7-12(16)6-9)14(19)8-10-3-2-4-13(18)15(10)17/h2-7,14,19H,8H2,1H3. The Kier molecular flexibility index (Phi) is 4.61. The van der Waals surface area contributed by atoms with E-state index in [2.05, 4.69) is 15.9 Å². The highest BCUT2D eigenvalue weighted by Gasteiger charge is 2.13. The molecule has 0 aromatic heterocycles. The summed E-state index contributed by atoms with van der Waals surface area (Å²) in [4.78, 5) is 0. The minimum atomic E-state index is -0.713. The quantitative estimate of drug-likeness (QED) is 0.846. The van der Waals surface area contributed by atoms with Gasteiger partial charge in [0.1, 0.15) is 5.82 Å². The molecule has 1 N–H and O–H groups in total. The molecular formula is C15H13BrClFO. The summed E-state index contributed by atoms with van der Waals surface area (Å²) in [6, 6.07) is 10.3. The maximum Gasteiger partial charge on any atom is 0.142 e. The van der Waals surface area contributed by atoms with E-state index in [1.807, 2.05) is 25.1 Å². The van der Waals surface area contributed by atoms with Crippen molar-refractivity contribution in [1.29, 1.82) is 0 Å². The van der Waals surface area contributed by atoms with E-state index in [0.717, 1.165) is 15.6 Å². The first-order valence-electron chi connectivity index (χ1n) is 5.85. The molecule has 0 aliphatic carbocycles. The topological polar surface area (TPSA) is 20.2 Å². The fourth-order valence-electron chi connectivity index (χ4n) is 1.99. The van der Waals surface area contributed by atoms with Crippen LogP contribution in [0.1, 0.15) is 22.8 Å². The van der Waals surface area contributed by atoms with Crippen LogP contribution in [-0.2, 0) is 6.42 Å². The molecule has 100 valence electrons. The zero-order chi connectivity index (χ0) is 14.0. The molecule has 1 atom stereocenters. The van der Waals surface area contributed by atoms with Crippen LogP contribution in [0.5, 0.6) is 0 Å². The van der Waals surface area contributed by atoms with Crippen LogP contribution in [0, 0.1) is 12.7 Å². The van der Waals surface area contributed by atoms with Crippen LogP contribution in [0.2, 0.25) is 5.02 Å². The summed E-state index contributed by atoms with van der Waals surface area (Å²) in [5.74, 6) is -0.461. The van der Waals surface area contributed by atoms with Gasteiger partial charge in [0.15, 0.2) is 0 Å². The summed E-state index contributed by atoms with van der Waals surface area (Å²) in [7, 11) is 0. The molecule has 0 saturated heterocycles. The van der Waals surface area contributed by atoms with Crippen LogP contribution in [-0.4, -0.2) is 5.11 Å². The second-order valence-electron chi connectivity index (χ2n) is 4.49. The monoisotopic (exact) mass is 342 g/mol. The lowest BCUT2D eigenvalue weighted by Gasteiger charge is -2.13. The van der Waals surface area contributed by atoms with Gasteiger partial charge >= 0.3 is 0 Å². The number of halogens is 3. The number of rotatable bonds is 3. The first kappa shape index (κ1) is 14.5. The van der Waals surface area contributed by atoms with Gasteiger partial charge in [0, 0.05) is 10.9 Å². The van der Waals surface area contributed by atoms with Gasteiger partial charge in [-0.25, -0.2) is 4.39 Å². The third kappa shape index (κ3) is 3.56. The first-order valence-corrected chi connectivity index (χ1v) is 7.02. The summed E-state index contributed by atoms with van der Waals surface area (Å²) >= 11 is 9.29. The number of aliphatic hydroxyl groups excluding tert-OH is 1. The summed E-state index contributed by atoms with van der Waals surface area (Å²) < 4.78 is 14.2. The zero-order valence-corrected chi connectivity index (χ0v) is 12.7. The molecule has 0 spiro atoms. The molecule has 0 amide bonds. The molecule has 0 radical (unpaired) electrons. The fraction of sp³-hybridized carbons (Fsp3) is 0.200. The average molecular weight is 344 g/mol. The number of hydrogen-bond acceptors (Lipinski definition) is 1. The lowest BCUT2D eigenvalue weighted by molar-refractivity contribution is 0.178. The average Bonchev–Trinajstić information content (AvgIpc) is 2.33. The van der Waals surface area contributed by atoms with Crippen molar-refractivity contribution in [1.82, 2.24) is 0 Å². The predicted molar refractivity (Wildman–Crippen MR) is 79.0 cm³/mol. The Bertz CT molecular complexity index is 580. The molecule has 1 unspecified atom stereocenters. The van der Waals surface area contributed by atoms with Gasteiger partial charge < -0.3 is 5.11 Å². The second kappa shape index (κ2) is 6.04. The maximum atomic E-state index is 13.3. The molecule has 19 heavy (non-hydrogen) atoms. The number of aryl methyl sites for hydroxylation is 1. The van der Waals surface area contributed by atoms with Gasteiger partial charge in [-0.1, -0.05) is 45.7 Å². The minimum absolute atomic E-state index is 0.0771. The highest BCUT2D eigenvalue weighted by atomic mass is 79.9. The third-order valence-corrected chi connectivity index (χ3v) is 3.78. The number of benzene rings is 2. The van der Waals surface area contributed by atoms with Gasteiger partial charge in [-0.15, -0.1) is 0 Å². The highest BCUT2D eigenvalue weighted by molar-refractivity contribution is 9.10. The SMILES string of the molecule is Cc1cc(Br)cc(C(O)Cc2cccc(F)c2Cl)c1. The Balaban J connectivity index is 2.25. The Labute approximate surface area is 125 Å². The fourth-order valence-corrected chi connectivity index (χ4v) is 2.82. The van der Waals surface area contributed by atoms with Gasteiger partial charge in [0.05, 0.1) is 11.1 Å². The molecule has 0 aliphatic rings. The largest absolute Gasteiger partial charge is 0.388 e. The first-order chi connectivity index (χ1) is 8.97. The van der Waals surface area contributed by atoms with E-state index in [0.29, 0.717) is 5.56 Å². The van der Waals surface area contributed by atoms with Crippen LogP contribution < -0.4 is 0 Å². The molecule has 1 nitrogen and oxygen atoms in total. The normalized spacial score (nSPS) is 12.5. The Morgan fingerprint density at radius 1 is 1.32 bits per heavy atom. The van der Waals surface area contributed by atoms with E-state index >= 15 is 0 Å². The van der Waals surface area contributed by atoms with Gasteiger partial charge in [-0.2, -0.15) is 0 Å². The molecule has 2 rings (SSSR count). The van der Waals surface area contributed by atoms with Crippen LogP contribution >= 0.6 is 27.5 Å². The maximum absolute atomic E-state index is 13.3. The van der Waals surface area contributed by atoms with Gasteiger partial charge in [-0.05, 0) is 41.8 Å². The van der Waals surface area contributed by atoms with Crippen molar-refractivity contribution in [2.45, 2.75) is 19.4 Å². The smallest absolute Gasteiger partial charge is 0.142 e. The van der Waals surface area contributed by atoms with Gasteiger partial charge in [0.25, 0.3) is 0 Å². The van der Waals surface area contributed by atoms with E-state index in [4.69, 9.17) is 11.6 Å². The Morgan fingerprint density at radius 3 is 2.74 bits per heavy atom. The number of aliphatic hydroxyl groups is 1. The molecule has 0 bridgehead atoms. The van der Waals surface area contributed by atoms with E-state index in [9.17, 15) is 9.50 Å². The van der Waals surface area contributed by atoms with Crippen molar-refractivity contribution in [2.24, 2.45) is 0 Å². The Morgan fingerprint density at radius 2 is 2.05 bits per heavy atom. The van der Waals surface area contributed by atoms with Crippen molar-refractivity contribution in [3.63, 3.8) is 0 Å². The van der Waals surface area contributed by atoms with Crippen molar-refractivity contribution < 1.29 is 9.50 Å². The Hall–Kier alpha value is -0.900. The van der Waals surface area contributed by atoms with Crippen LogP contribution in [0.3, 0.4) is 0 Å². The van der Waals surface area contributed by atoms with Gasteiger partial charge in [-0.3, -0.25) is 0 Å². The lowest BCUT2D eigenvalue weighted by Crippen LogP contribution is -2.03. The molecule has 0 heterocycles. The van der Waals surface area contributed by atoms with Crippen LogP contribution in [0.25, 0.3) is 0 Å². The molecule has 2 aromatic carbocycles. The summed E-state index contributed by atoms with van der Waals surface area (Å²) in [6.45, 7) is 1.95. The summed E-state index contributed by atoms with van der Waals surface area (Å²) in [5.41, 5.74) is 2.44. The van der Waals surface area contributed by atoms with E-state index < -0.39 is 11.9 Å². The van der Waals surface area contributed by atoms with Crippen LogP contribution in [0.15, 0.2) is 40.9 Å². The molecule has 0 aliphatic heterocycles. The van der Waals surface area contributed by atoms with Crippen molar-refractivity contribution >= 4 is 27.5 Å². The van der Waals surface area contributed by atoms with Crippen molar-refractivity contribution in [3.05, 3.63) is 68.4 Å². The van der Waals surface area contributed by atoms with Crippen molar-refractivity contribution in [3.8, 4) is 0 Å². The predicted octanol–water partition coefficient (Wildman–Crippen LogP) is 4.83. The highest BCUT2D eigenvalue weighted by Crippen LogP contribution is 2.27. The van der Waals surface area contributed by atoms with Crippen molar-refractivity contribution in [2.75, 3.05) is 0 Å². The number of hydrogen-bond donors (Lipinski definition) is 1. The zero-order valence-electron chi connectivity index (χ0n) is 10.3. The van der Waals surface area contributed by atoms with Gasteiger partial charge in [0.2, 0.25) is 0 Å². The molecule has 0 saturated carbocycles. The second-order valence-corrected chi connectivity index (χ2v) is 5.79. The lowest BCUT2D eigenvalue weighted by atomic mass is 10.00. The summed E-state index contributed by atoms with van der Waals surface area (Å²) in [6.07, 6.45) is -0.428. The minimum Gasteiger partial charge on any atom is -0.388 e. The molecule has 2 aromatic rings. The van der Waals surface area contributed by atoms with E-state index in [1.165, 1.54) is 6.07 Å². The van der Waals surface area contributed by atoms with E-state index in [-0.39, 0.29) is 11.4 Å². The molecule has 4 heteroatoms. The molecular weight excluding hydrogens is 331 g/mol. The summed E-state index contributed by atoms with van der Waals surface area (Å²) in [5, 5.41) is 10.3. The van der Waals surface area contributed by atoms with Crippen LogP contribution in [0.4, 0.5) is 4.39 Å².